The summed E-state index contributed by atoms with van der Waals surface area (Å²) < 4.78 is 0. The number of allylic oxidation sites excluding steroid dienone is 3. The van der Waals surface area contributed by atoms with Gasteiger partial charge in [-0.1, -0.05) is 72.6 Å². The molecule has 1 saturated carbocycles. The maximum Gasteiger partial charge on any atom is 0.107 e. The third-order valence-electron chi connectivity index (χ3n) is 5.10. The molecule has 0 saturated heterocycles. The molecule has 0 amide bonds. The zero-order valence-corrected chi connectivity index (χ0v) is 21.8. The summed E-state index contributed by atoms with van der Waals surface area (Å²) in [6, 6.07) is 0.422. The van der Waals surface area contributed by atoms with Crippen LogP contribution in [-0.2, 0) is 0 Å². The van der Waals surface area contributed by atoms with E-state index in [1.807, 2.05) is 45.9 Å². The average Bonchev–Trinajstić information content (AvgIpc) is 3.55. The van der Waals surface area contributed by atoms with Gasteiger partial charge in [0.1, 0.15) is 6.23 Å². The molecule has 0 aromatic carbocycles. The quantitative estimate of drug-likeness (QED) is 0.196. The number of hydrogen-bond donors (Lipinski definition) is 3. The Hall–Kier alpha value is -0.350. The molecular weight excluding hydrogens is 382 g/mol. The second-order valence-electron chi connectivity index (χ2n) is 7.89. The first-order valence-corrected chi connectivity index (χ1v) is 12.3. The molecule has 2 unspecified atom stereocenters. The third-order valence-corrected chi connectivity index (χ3v) is 5.10. The Labute approximate surface area is 188 Å². The SMILES string of the molecule is C/C=C\C=C(/C)C(O)(CCC)CCC.CC.CC(C)C(C)NC(O)C1CC1.CCl. The van der Waals surface area contributed by atoms with Crippen LogP contribution in [0.25, 0.3) is 0 Å². The summed E-state index contributed by atoms with van der Waals surface area (Å²) in [5.74, 6) is 1.14. The fourth-order valence-electron chi connectivity index (χ4n) is 2.75. The normalized spacial score (nSPS) is 16.1. The molecule has 29 heavy (non-hydrogen) atoms. The van der Waals surface area contributed by atoms with Crippen LogP contribution >= 0.6 is 11.6 Å². The van der Waals surface area contributed by atoms with Crippen LogP contribution in [0.1, 0.15) is 101 Å². The van der Waals surface area contributed by atoms with Crippen molar-refractivity contribution in [2.24, 2.45) is 11.8 Å². The second kappa shape index (κ2) is 20.9. The van der Waals surface area contributed by atoms with Gasteiger partial charge in [0.25, 0.3) is 0 Å². The van der Waals surface area contributed by atoms with E-state index in [0.29, 0.717) is 17.9 Å². The number of hydrogen-bond acceptors (Lipinski definition) is 3. The van der Waals surface area contributed by atoms with Crippen LogP contribution in [0.4, 0.5) is 0 Å². The zero-order chi connectivity index (χ0) is 23.5. The van der Waals surface area contributed by atoms with Gasteiger partial charge in [-0.05, 0) is 63.9 Å². The summed E-state index contributed by atoms with van der Waals surface area (Å²) in [6.07, 6.45) is 13.4. The Morgan fingerprint density at radius 1 is 1.10 bits per heavy atom. The first-order chi connectivity index (χ1) is 13.7. The van der Waals surface area contributed by atoms with Crippen molar-refractivity contribution >= 4 is 11.6 Å². The number of nitrogens with one attached hydrogen (secondary N) is 1. The average molecular weight is 434 g/mol. The lowest BCUT2D eigenvalue weighted by molar-refractivity contribution is 0.0583. The maximum atomic E-state index is 10.4. The highest BCUT2D eigenvalue weighted by Gasteiger charge is 2.30. The molecule has 0 aromatic heterocycles. The molecule has 0 aliphatic heterocycles. The van der Waals surface area contributed by atoms with Crippen LogP contribution in [-0.4, -0.2) is 34.5 Å². The van der Waals surface area contributed by atoms with Crippen LogP contribution in [0.15, 0.2) is 23.8 Å². The third kappa shape index (κ3) is 17.1. The van der Waals surface area contributed by atoms with Crippen molar-refractivity contribution < 1.29 is 10.2 Å². The van der Waals surface area contributed by atoms with Crippen molar-refractivity contribution in [3.05, 3.63) is 23.8 Å². The van der Waals surface area contributed by atoms with Crippen LogP contribution in [0.5, 0.6) is 0 Å². The summed E-state index contributed by atoms with van der Waals surface area (Å²) >= 11 is 4.64. The van der Waals surface area contributed by atoms with E-state index < -0.39 is 5.60 Å². The van der Waals surface area contributed by atoms with E-state index in [9.17, 15) is 10.2 Å². The van der Waals surface area contributed by atoms with E-state index in [1.54, 1.807) is 0 Å². The van der Waals surface area contributed by atoms with Crippen molar-refractivity contribution in [3.8, 4) is 0 Å². The molecule has 0 heterocycles. The van der Waals surface area contributed by atoms with E-state index in [2.05, 4.69) is 51.5 Å². The molecule has 1 rings (SSSR count). The Bertz CT molecular complexity index is 392. The molecule has 3 nitrogen and oxygen atoms in total. The van der Waals surface area contributed by atoms with Crippen LogP contribution in [0.2, 0.25) is 0 Å². The van der Waals surface area contributed by atoms with Gasteiger partial charge in [-0.2, -0.15) is 0 Å². The molecule has 176 valence electrons. The molecule has 3 N–H and O–H groups in total. The lowest BCUT2D eigenvalue weighted by Gasteiger charge is -2.28. The van der Waals surface area contributed by atoms with Gasteiger partial charge in [0.05, 0.1) is 5.60 Å². The predicted octanol–water partition coefficient (Wildman–Crippen LogP) is 7.07. The predicted molar refractivity (Wildman–Crippen MR) is 133 cm³/mol. The van der Waals surface area contributed by atoms with E-state index in [-0.39, 0.29) is 6.23 Å². The fraction of sp³-hybridized carbons (Fsp3) is 0.840. The van der Waals surface area contributed by atoms with Crippen molar-refractivity contribution in [1.82, 2.24) is 5.32 Å². The smallest absolute Gasteiger partial charge is 0.107 e. The fourth-order valence-corrected chi connectivity index (χ4v) is 2.75. The monoisotopic (exact) mass is 433 g/mol. The molecule has 1 aliphatic carbocycles. The van der Waals surface area contributed by atoms with E-state index in [1.165, 1.54) is 19.2 Å². The van der Waals surface area contributed by atoms with Gasteiger partial charge in [0.15, 0.2) is 0 Å². The Morgan fingerprint density at radius 2 is 1.55 bits per heavy atom. The highest BCUT2D eigenvalue weighted by molar-refractivity contribution is 6.15. The van der Waals surface area contributed by atoms with Crippen molar-refractivity contribution in [2.45, 2.75) is 119 Å². The molecule has 2 atom stereocenters. The van der Waals surface area contributed by atoms with E-state index in [4.69, 9.17) is 0 Å². The van der Waals surface area contributed by atoms with Crippen molar-refractivity contribution in [2.75, 3.05) is 6.38 Å². The van der Waals surface area contributed by atoms with Crippen molar-refractivity contribution in [1.29, 1.82) is 0 Å². The van der Waals surface area contributed by atoms with Crippen LogP contribution in [0, 0.1) is 11.8 Å². The molecular formula is C25H52ClNO2. The molecule has 4 heteroatoms. The van der Waals surface area contributed by atoms with Gasteiger partial charge in [0.2, 0.25) is 0 Å². The highest BCUT2D eigenvalue weighted by Crippen LogP contribution is 2.31. The van der Waals surface area contributed by atoms with E-state index in [0.717, 1.165) is 31.3 Å². The molecule has 0 radical (unpaired) electrons. The zero-order valence-electron chi connectivity index (χ0n) is 21.1. The lowest BCUT2D eigenvalue weighted by atomic mass is 9.85. The summed E-state index contributed by atoms with van der Waals surface area (Å²) in [5, 5.41) is 23.1. The highest BCUT2D eigenvalue weighted by atomic mass is 35.5. The Balaban J connectivity index is -0.000000403. The van der Waals surface area contributed by atoms with Gasteiger partial charge in [-0.25, -0.2) is 0 Å². The molecule has 0 spiro atoms. The minimum Gasteiger partial charge on any atom is -0.386 e. The topological polar surface area (TPSA) is 52.5 Å². The van der Waals surface area contributed by atoms with Gasteiger partial charge in [-0.15, -0.1) is 11.6 Å². The van der Waals surface area contributed by atoms with Gasteiger partial charge in [-0.3, -0.25) is 5.32 Å². The number of alkyl halides is 1. The number of rotatable bonds is 10. The minimum atomic E-state index is -0.580. The summed E-state index contributed by atoms with van der Waals surface area (Å²) in [4.78, 5) is 0. The van der Waals surface area contributed by atoms with E-state index >= 15 is 0 Å². The maximum absolute atomic E-state index is 10.4. The van der Waals surface area contributed by atoms with Gasteiger partial charge < -0.3 is 10.2 Å². The standard InChI is InChI=1S/C13H24O.C9H19NO.C2H6.CH3Cl/c1-5-8-9-12(4)13(14,10-6-2)11-7-3;1-6(2)7(3)10-9(11)8-4-5-8;2*1-2/h5,8-9,14H,6-7,10-11H2,1-4H3;6-11H,4-5H2,1-3H3;1-2H3;1H3/b8-5-,12-9+;;;. The Kier molecular flexibility index (Phi) is 24.0. The van der Waals surface area contributed by atoms with Crippen molar-refractivity contribution in [3.63, 3.8) is 0 Å². The molecule has 0 bridgehead atoms. The molecule has 0 aromatic rings. The molecule has 1 fully saturated rings. The number of aliphatic hydroxyl groups excluding tert-OH is 1. The molecule has 1 aliphatic rings. The largest absolute Gasteiger partial charge is 0.386 e. The summed E-state index contributed by atoms with van der Waals surface area (Å²) in [7, 11) is 0. The minimum absolute atomic E-state index is 0.257. The number of halogens is 1. The lowest BCUT2D eigenvalue weighted by Crippen LogP contribution is -2.40. The van der Waals surface area contributed by atoms with Gasteiger partial charge in [0, 0.05) is 12.4 Å². The summed E-state index contributed by atoms with van der Waals surface area (Å²) in [5.41, 5.74) is 0.502. The number of aliphatic hydroxyl groups is 2. The summed E-state index contributed by atoms with van der Waals surface area (Å²) in [6.45, 7) is 18.7. The first kappa shape index (κ1) is 33.3. The van der Waals surface area contributed by atoms with Gasteiger partial charge >= 0.3 is 0 Å². The van der Waals surface area contributed by atoms with Crippen LogP contribution < -0.4 is 5.32 Å². The van der Waals surface area contributed by atoms with Crippen LogP contribution in [0.3, 0.4) is 0 Å². The first-order valence-electron chi connectivity index (χ1n) is 11.6. The second-order valence-corrected chi connectivity index (χ2v) is 7.89. The Morgan fingerprint density at radius 3 is 1.86 bits per heavy atom.